The number of aryl methyl sites for hydroxylation is 1. The first kappa shape index (κ1) is 11.3. The van der Waals surface area contributed by atoms with Crippen molar-refractivity contribution in [3.05, 3.63) is 35.1 Å². The van der Waals surface area contributed by atoms with E-state index in [1.165, 1.54) is 12.1 Å². The van der Waals surface area contributed by atoms with Gasteiger partial charge in [-0.25, -0.2) is 4.39 Å². The molecule has 3 heteroatoms. The Kier molecular flexibility index (Phi) is 3.87. The molecule has 0 bridgehead atoms. The van der Waals surface area contributed by atoms with Gasteiger partial charge in [-0.2, -0.15) is 0 Å². The summed E-state index contributed by atoms with van der Waals surface area (Å²) >= 11 is 0. The third-order valence-electron chi connectivity index (χ3n) is 1.86. The minimum Gasteiger partial charge on any atom is -0.351 e. The Morgan fingerprint density at radius 2 is 2.27 bits per heavy atom. The van der Waals surface area contributed by atoms with Crippen molar-refractivity contribution in [2.45, 2.75) is 13.3 Å². The number of terminal acetylenes is 1. The van der Waals surface area contributed by atoms with Gasteiger partial charge in [0.05, 0.1) is 0 Å². The zero-order valence-corrected chi connectivity index (χ0v) is 8.51. The van der Waals surface area contributed by atoms with Crippen LogP contribution in [0.3, 0.4) is 0 Å². The third-order valence-corrected chi connectivity index (χ3v) is 1.86. The van der Waals surface area contributed by atoms with Gasteiger partial charge in [-0.15, -0.1) is 12.3 Å². The molecule has 1 aromatic rings. The van der Waals surface area contributed by atoms with Gasteiger partial charge in [0.25, 0.3) is 5.91 Å². The second-order valence-electron chi connectivity index (χ2n) is 3.23. The Balaban J connectivity index is 2.70. The summed E-state index contributed by atoms with van der Waals surface area (Å²) in [5, 5.41) is 2.61. The van der Waals surface area contributed by atoms with E-state index < -0.39 is 5.82 Å². The zero-order valence-electron chi connectivity index (χ0n) is 8.51. The van der Waals surface area contributed by atoms with Crippen LogP contribution in [0.5, 0.6) is 0 Å². The summed E-state index contributed by atoms with van der Waals surface area (Å²) in [6.45, 7) is 2.15. The molecule has 1 rings (SSSR count). The molecule has 0 saturated heterocycles. The minimum absolute atomic E-state index is 0.298. The van der Waals surface area contributed by atoms with Gasteiger partial charge in [-0.1, -0.05) is 0 Å². The quantitative estimate of drug-likeness (QED) is 0.592. The highest BCUT2D eigenvalue weighted by atomic mass is 19.1. The van der Waals surface area contributed by atoms with Gasteiger partial charge in [0, 0.05) is 18.5 Å². The molecule has 0 radical (unpaired) electrons. The van der Waals surface area contributed by atoms with Gasteiger partial charge in [-0.05, 0) is 30.7 Å². The Bertz CT molecular complexity index is 386. The summed E-state index contributed by atoms with van der Waals surface area (Å²) in [5.74, 6) is 1.70. The third kappa shape index (κ3) is 3.43. The monoisotopic (exact) mass is 205 g/mol. The second kappa shape index (κ2) is 5.16. The standard InChI is InChI=1S/C12H12FNO/c1-3-4-5-14-12(15)10-6-9(2)7-11(13)8-10/h1,6-8H,4-5H2,2H3,(H,14,15). The molecule has 1 N–H and O–H groups in total. The topological polar surface area (TPSA) is 29.1 Å². The first-order valence-electron chi connectivity index (χ1n) is 4.62. The Morgan fingerprint density at radius 3 is 2.87 bits per heavy atom. The molecular formula is C12H12FNO. The second-order valence-corrected chi connectivity index (χ2v) is 3.23. The van der Waals surface area contributed by atoms with Crippen LogP contribution in [0.4, 0.5) is 4.39 Å². The van der Waals surface area contributed by atoms with Crippen LogP contribution in [0.15, 0.2) is 18.2 Å². The zero-order chi connectivity index (χ0) is 11.3. The first-order chi connectivity index (χ1) is 7.13. The lowest BCUT2D eigenvalue weighted by Crippen LogP contribution is -2.24. The van der Waals surface area contributed by atoms with E-state index in [0.29, 0.717) is 18.5 Å². The van der Waals surface area contributed by atoms with Crippen molar-refractivity contribution < 1.29 is 9.18 Å². The number of hydrogen-bond donors (Lipinski definition) is 1. The van der Waals surface area contributed by atoms with E-state index in [1.807, 2.05) is 0 Å². The fourth-order valence-corrected chi connectivity index (χ4v) is 1.22. The number of halogens is 1. The summed E-state index contributed by atoms with van der Waals surface area (Å²) in [4.78, 5) is 11.5. The molecule has 78 valence electrons. The lowest BCUT2D eigenvalue weighted by molar-refractivity contribution is 0.0954. The van der Waals surface area contributed by atoms with Gasteiger partial charge >= 0.3 is 0 Å². The lowest BCUT2D eigenvalue weighted by Gasteiger charge is -2.04. The van der Waals surface area contributed by atoms with E-state index >= 15 is 0 Å². The van der Waals surface area contributed by atoms with E-state index in [1.54, 1.807) is 13.0 Å². The number of carbonyl (C=O) groups excluding carboxylic acids is 1. The van der Waals surface area contributed by atoms with Crippen LogP contribution in [0, 0.1) is 25.1 Å². The maximum Gasteiger partial charge on any atom is 0.251 e. The lowest BCUT2D eigenvalue weighted by atomic mass is 10.1. The molecule has 0 heterocycles. The molecule has 0 unspecified atom stereocenters. The molecule has 1 aromatic carbocycles. The van der Waals surface area contributed by atoms with Crippen LogP contribution in [0.25, 0.3) is 0 Å². The summed E-state index contributed by atoms with van der Waals surface area (Å²) in [6.07, 6.45) is 5.51. The summed E-state index contributed by atoms with van der Waals surface area (Å²) < 4.78 is 13.0. The molecule has 0 atom stereocenters. The highest BCUT2D eigenvalue weighted by molar-refractivity contribution is 5.94. The van der Waals surface area contributed by atoms with E-state index in [4.69, 9.17) is 6.42 Å². The summed E-state index contributed by atoms with van der Waals surface area (Å²) in [7, 11) is 0. The number of rotatable bonds is 3. The highest BCUT2D eigenvalue weighted by Gasteiger charge is 2.06. The van der Waals surface area contributed by atoms with Crippen LogP contribution in [0.1, 0.15) is 22.3 Å². The highest BCUT2D eigenvalue weighted by Crippen LogP contribution is 2.07. The van der Waals surface area contributed by atoms with Gasteiger partial charge in [0.2, 0.25) is 0 Å². The van der Waals surface area contributed by atoms with E-state index in [2.05, 4.69) is 11.2 Å². The summed E-state index contributed by atoms with van der Waals surface area (Å²) in [6, 6.07) is 4.21. The van der Waals surface area contributed by atoms with E-state index in [-0.39, 0.29) is 5.91 Å². The number of nitrogens with one attached hydrogen (secondary N) is 1. The van der Waals surface area contributed by atoms with Crippen LogP contribution >= 0.6 is 0 Å². The Hall–Kier alpha value is -1.82. The molecule has 2 nitrogen and oxygen atoms in total. The van der Waals surface area contributed by atoms with Crippen LogP contribution in [0.2, 0.25) is 0 Å². The smallest absolute Gasteiger partial charge is 0.251 e. The SMILES string of the molecule is C#CCCNC(=O)c1cc(C)cc(F)c1. The Morgan fingerprint density at radius 1 is 1.53 bits per heavy atom. The predicted octanol–water partition coefficient (Wildman–Crippen LogP) is 1.89. The van der Waals surface area contributed by atoms with Gasteiger partial charge in [-0.3, -0.25) is 4.79 Å². The van der Waals surface area contributed by atoms with Crippen molar-refractivity contribution >= 4 is 5.91 Å². The van der Waals surface area contributed by atoms with Crippen LogP contribution in [-0.4, -0.2) is 12.5 Å². The maximum atomic E-state index is 13.0. The number of carbonyl (C=O) groups is 1. The molecule has 15 heavy (non-hydrogen) atoms. The molecule has 0 aliphatic carbocycles. The number of benzene rings is 1. The Labute approximate surface area is 88.5 Å². The van der Waals surface area contributed by atoms with Crippen molar-refractivity contribution in [3.63, 3.8) is 0 Å². The van der Waals surface area contributed by atoms with Crippen LogP contribution < -0.4 is 5.32 Å². The van der Waals surface area contributed by atoms with Gasteiger partial charge in [0.1, 0.15) is 5.82 Å². The van der Waals surface area contributed by atoms with Crippen molar-refractivity contribution in [1.29, 1.82) is 0 Å². The van der Waals surface area contributed by atoms with Crippen molar-refractivity contribution in [1.82, 2.24) is 5.32 Å². The minimum atomic E-state index is -0.405. The molecular weight excluding hydrogens is 193 g/mol. The number of hydrogen-bond acceptors (Lipinski definition) is 1. The molecule has 1 amide bonds. The van der Waals surface area contributed by atoms with Crippen molar-refractivity contribution in [3.8, 4) is 12.3 Å². The molecule has 0 saturated carbocycles. The maximum absolute atomic E-state index is 13.0. The molecule has 0 spiro atoms. The number of amides is 1. The van der Waals surface area contributed by atoms with Gasteiger partial charge in [0.15, 0.2) is 0 Å². The van der Waals surface area contributed by atoms with E-state index in [0.717, 1.165) is 5.56 Å². The average Bonchev–Trinajstić information content (AvgIpc) is 2.16. The fourth-order valence-electron chi connectivity index (χ4n) is 1.22. The molecule has 0 aliphatic rings. The fraction of sp³-hybridized carbons (Fsp3) is 0.250. The largest absolute Gasteiger partial charge is 0.351 e. The van der Waals surface area contributed by atoms with Crippen LogP contribution in [-0.2, 0) is 0 Å². The molecule has 0 fully saturated rings. The van der Waals surface area contributed by atoms with Crippen molar-refractivity contribution in [2.75, 3.05) is 6.54 Å². The molecule has 0 aromatic heterocycles. The average molecular weight is 205 g/mol. The van der Waals surface area contributed by atoms with Gasteiger partial charge < -0.3 is 5.32 Å². The normalized spacial score (nSPS) is 9.40. The molecule has 0 aliphatic heterocycles. The van der Waals surface area contributed by atoms with Crippen molar-refractivity contribution in [2.24, 2.45) is 0 Å². The first-order valence-corrected chi connectivity index (χ1v) is 4.62. The predicted molar refractivity (Wildman–Crippen MR) is 56.9 cm³/mol. The summed E-state index contributed by atoms with van der Waals surface area (Å²) in [5.41, 5.74) is 1.04. The van der Waals surface area contributed by atoms with E-state index in [9.17, 15) is 9.18 Å².